The van der Waals surface area contributed by atoms with Crippen molar-refractivity contribution in [3.63, 3.8) is 0 Å². The second-order valence-electron chi connectivity index (χ2n) is 3.59. The summed E-state index contributed by atoms with van der Waals surface area (Å²) < 4.78 is 6.61. The van der Waals surface area contributed by atoms with Crippen LogP contribution in [0.15, 0.2) is 21.4 Å². The van der Waals surface area contributed by atoms with Crippen molar-refractivity contribution < 1.29 is 4.74 Å². The number of hydrogen-bond acceptors (Lipinski definition) is 5. The van der Waals surface area contributed by atoms with E-state index >= 15 is 0 Å². The zero-order chi connectivity index (χ0) is 12.3. The highest BCUT2D eigenvalue weighted by Gasteiger charge is 2.09. The molecule has 0 fully saturated rings. The summed E-state index contributed by atoms with van der Waals surface area (Å²) in [5.74, 6) is 0.908. The van der Waals surface area contributed by atoms with Crippen LogP contribution in [0.2, 0.25) is 0 Å². The van der Waals surface area contributed by atoms with Crippen LogP contribution < -0.4 is 5.56 Å². The number of thioether (sulfide) groups is 1. The lowest BCUT2D eigenvalue weighted by Gasteiger charge is -2.06. The second-order valence-corrected chi connectivity index (χ2v) is 5.55. The first kappa shape index (κ1) is 12.6. The van der Waals surface area contributed by atoms with Gasteiger partial charge in [-0.1, -0.05) is 11.8 Å². The first-order valence-corrected chi connectivity index (χ1v) is 7.16. The Morgan fingerprint density at radius 1 is 1.59 bits per heavy atom. The van der Waals surface area contributed by atoms with Crippen molar-refractivity contribution in [3.8, 4) is 0 Å². The molecule has 0 saturated heterocycles. The van der Waals surface area contributed by atoms with Gasteiger partial charge in [-0.25, -0.2) is 4.98 Å². The zero-order valence-corrected chi connectivity index (χ0v) is 11.4. The van der Waals surface area contributed by atoms with Crippen molar-refractivity contribution in [2.45, 2.75) is 11.6 Å². The normalized spacial score (nSPS) is 11.2. The third-order valence-corrected chi connectivity index (χ3v) is 4.31. The molecule has 0 amide bonds. The van der Waals surface area contributed by atoms with Crippen LogP contribution in [0.4, 0.5) is 0 Å². The standard InChI is InChI=1S/C11H14N2O2S2/c1-13-10(14)8-4-7-16-9(8)12-11(13)17-6-3-5-15-2/h4,7H,3,5-6H2,1-2H3. The van der Waals surface area contributed by atoms with Crippen LogP contribution in [-0.4, -0.2) is 29.0 Å². The number of ether oxygens (including phenoxy) is 1. The largest absolute Gasteiger partial charge is 0.385 e. The van der Waals surface area contributed by atoms with Crippen molar-refractivity contribution in [1.29, 1.82) is 0 Å². The molecule has 0 bridgehead atoms. The van der Waals surface area contributed by atoms with Gasteiger partial charge in [0.05, 0.1) is 5.39 Å². The van der Waals surface area contributed by atoms with E-state index in [1.807, 2.05) is 11.4 Å². The number of methoxy groups -OCH3 is 1. The molecule has 2 aromatic heterocycles. The Kier molecular flexibility index (Phi) is 4.20. The molecule has 0 aromatic carbocycles. The van der Waals surface area contributed by atoms with Gasteiger partial charge in [-0.3, -0.25) is 9.36 Å². The van der Waals surface area contributed by atoms with E-state index in [2.05, 4.69) is 4.98 Å². The minimum absolute atomic E-state index is 0.0329. The molecule has 0 atom stereocenters. The van der Waals surface area contributed by atoms with Gasteiger partial charge in [-0.2, -0.15) is 0 Å². The SMILES string of the molecule is COCCCSc1nc2sccc2c(=O)n1C. The predicted molar refractivity (Wildman–Crippen MR) is 72.1 cm³/mol. The molecule has 6 heteroatoms. The fourth-order valence-electron chi connectivity index (χ4n) is 1.48. The summed E-state index contributed by atoms with van der Waals surface area (Å²) in [6.07, 6.45) is 0.958. The van der Waals surface area contributed by atoms with Crippen LogP contribution >= 0.6 is 23.1 Å². The molecule has 2 aromatic rings. The molecule has 0 saturated carbocycles. The van der Waals surface area contributed by atoms with Crippen LogP contribution in [0, 0.1) is 0 Å². The Morgan fingerprint density at radius 3 is 3.18 bits per heavy atom. The molecule has 17 heavy (non-hydrogen) atoms. The lowest BCUT2D eigenvalue weighted by atomic mass is 10.4. The topological polar surface area (TPSA) is 44.1 Å². The summed E-state index contributed by atoms with van der Waals surface area (Å²) in [7, 11) is 3.46. The van der Waals surface area contributed by atoms with E-state index in [0.29, 0.717) is 5.39 Å². The summed E-state index contributed by atoms with van der Waals surface area (Å²) in [5, 5.41) is 3.39. The minimum atomic E-state index is 0.0329. The Morgan fingerprint density at radius 2 is 2.41 bits per heavy atom. The summed E-state index contributed by atoms with van der Waals surface area (Å²) in [5.41, 5.74) is 0.0329. The van der Waals surface area contributed by atoms with Gasteiger partial charge in [0.25, 0.3) is 5.56 Å². The van der Waals surface area contributed by atoms with Crippen LogP contribution in [0.25, 0.3) is 10.2 Å². The van der Waals surface area contributed by atoms with Gasteiger partial charge in [-0.05, 0) is 17.9 Å². The van der Waals surface area contributed by atoms with Crippen molar-refractivity contribution in [1.82, 2.24) is 9.55 Å². The van der Waals surface area contributed by atoms with E-state index in [9.17, 15) is 4.79 Å². The number of fused-ring (bicyclic) bond motifs is 1. The molecule has 0 radical (unpaired) electrons. The minimum Gasteiger partial charge on any atom is -0.385 e. The van der Waals surface area contributed by atoms with E-state index in [0.717, 1.165) is 28.8 Å². The van der Waals surface area contributed by atoms with Crippen molar-refractivity contribution in [3.05, 3.63) is 21.8 Å². The predicted octanol–water partition coefficient (Wildman–Crippen LogP) is 2.12. The second kappa shape index (κ2) is 5.66. The molecular weight excluding hydrogens is 256 g/mol. The van der Waals surface area contributed by atoms with E-state index in [-0.39, 0.29) is 5.56 Å². The molecule has 2 heterocycles. The number of nitrogens with zero attached hydrogens (tertiary/aromatic N) is 2. The average Bonchev–Trinajstić information content (AvgIpc) is 2.79. The lowest BCUT2D eigenvalue weighted by Crippen LogP contribution is -2.19. The van der Waals surface area contributed by atoms with Crippen LogP contribution in [-0.2, 0) is 11.8 Å². The molecule has 0 spiro atoms. The highest BCUT2D eigenvalue weighted by atomic mass is 32.2. The summed E-state index contributed by atoms with van der Waals surface area (Å²) in [6, 6.07) is 1.83. The van der Waals surface area contributed by atoms with E-state index in [4.69, 9.17) is 4.74 Å². The first-order valence-electron chi connectivity index (χ1n) is 5.30. The smallest absolute Gasteiger partial charge is 0.262 e. The molecule has 92 valence electrons. The lowest BCUT2D eigenvalue weighted by molar-refractivity contribution is 0.200. The van der Waals surface area contributed by atoms with E-state index in [1.54, 1.807) is 30.5 Å². The average molecular weight is 270 g/mol. The summed E-state index contributed by atoms with van der Waals surface area (Å²) >= 11 is 3.10. The van der Waals surface area contributed by atoms with Crippen LogP contribution in [0.5, 0.6) is 0 Å². The Bertz CT molecular complexity index is 562. The number of rotatable bonds is 5. The molecular formula is C11H14N2O2S2. The van der Waals surface area contributed by atoms with Gasteiger partial charge in [-0.15, -0.1) is 11.3 Å². The van der Waals surface area contributed by atoms with Crippen LogP contribution in [0.1, 0.15) is 6.42 Å². The zero-order valence-electron chi connectivity index (χ0n) is 9.80. The Labute approximate surface area is 108 Å². The van der Waals surface area contributed by atoms with Crippen molar-refractivity contribution >= 4 is 33.3 Å². The molecule has 0 aliphatic carbocycles. The van der Waals surface area contributed by atoms with E-state index in [1.165, 1.54) is 11.3 Å². The highest BCUT2D eigenvalue weighted by Crippen LogP contribution is 2.20. The van der Waals surface area contributed by atoms with Gasteiger partial charge >= 0.3 is 0 Å². The highest BCUT2D eigenvalue weighted by molar-refractivity contribution is 7.99. The van der Waals surface area contributed by atoms with Gasteiger partial charge in [0.2, 0.25) is 0 Å². The van der Waals surface area contributed by atoms with Gasteiger partial charge in [0.15, 0.2) is 5.16 Å². The fraction of sp³-hybridized carbons (Fsp3) is 0.455. The summed E-state index contributed by atoms with van der Waals surface area (Å²) in [6.45, 7) is 0.738. The first-order chi connectivity index (χ1) is 8.24. The molecule has 0 unspecified atom stereocenters. The van der Waals surface area contributed by atoms with E-state index < -0.39 is 0 Å². The van der Waals surface area contributed by atoms with Gasteiger partial charge in [0, 0.05) is 26.5 Å². The van der Waals surface area contributed by atoms with Crippen molar-refractivity contribution in [2.24, 2.45) is 7.05 Å². The van der Waals surface area contributed by atoms with Crippen LogP contribution in [0.3, 0.4) is 0 Å². The summed E-state index contributed by atoms with van der Waals surface area (Å²) in [4.78, 5) is 17.3. The molecule has 0 N–H and O–H groups in total. The molecule has 2 rings (SSSR count). The van der Waals surface area contributed by atoms with Gasteiger partial charge in [0.1, 0.15) is 4.83 Å². The Balaban J connectivity index is 2.22. The number of thiophene rings is 1. The number of hydrogen-bond donors (Lipinski definition) is 0. The Hall–Kier alpha value is -0.850. The quantitative estimate of drug-likeness (QED) is 0.474. The molecule has 4 nitrogen and oxygen atoms in total. The maximum Gasteiger partial charge on any atom is 0.262 e. The molecule has 0 aliphatic heterocycles. The maximum absolute atomic E-state index is 12.0. The van der Waals surface area contributed by atoms with Gasteiger partial charge < -0.3 is 4.74 Å². The van der Waals surface area contributed by atoms with Crippen molar-refractivity contribution in [2.75, 3.05) is 19.5 Å². The monoisotopic (exact) mass is 270 g/mol. The third kappa shape index (κ3) is 2.70. The number of aromatic nitrogens is 2. The molecule has 0 aliphatic rings. The third-order valence-electron chi connectivity index (χ3n) is 2.39. The fourth-order valence-corrected chi connectivity index (χ4v) is 3.17. The maximum atomic E-state index is 12.0.